The number of non-ortho nitro benzene ring substituents is 1. The predicted octanol–water partition coefficient (Wildman–Crippen LogP) is 2.40. The van der Waals surface area contributed by atoms with Gasteiger partial charge in [-0.15, -0.1) is 0 Å². The average Bonchev–Trinajstić information content (AvgIpc) is 2.73. The van der Waals surface area contributed by atoms with Crippen molar-refractivity contribution in [2.75, 3.05) is 33.3 Å². The number of hydrogen-bond acceptors (Lipinski definition) is 6. The van der Waals surface area contributed by atoms with Gasteiger partial charge in [0.25, 0.3) is 11.6 Å². The second kappa shape index (κ2) is 8.36. The lowest BCUT2D eigenvalue weighted by atomic mass is 10.1. The van der Waals surface area contributed by atoms with Gasteiger partial charge in [0.05, 0.1) is 22.5 Å². The molecule has 29 heavy (non-hydrogen) atoms. The molecule has 0 spiro atoms. The Balaban J connectivity index is 1.75. The lowest BCUT2D eigenvalue weighted by molar-refractivity contribution is -0.384. The summed E-state index contributed by atoms with van der Waals surface area (Å²) in [6.45, 7) is 0.511. The number of halogens is 1. The van der Waals surface area contributed by atoms with Crippen LogP contribution in [0.4, 0.5) is 5.69 Å². The summed E-state index contributed by atoms with van der Waals surface area (Å²) in [5.41, 5.74) is -0.159. The number of carbonyl (C=O) groups excluding carboxylic acids is 1. The zero-order valence-electron chi connectivity index (χ0n) is 15.4. The molecule has 0 saturated carbocycles. The normalized spacial score (nSPS) is 15.2. The number of benzene rings is 2. The van der Waals surface area contributed by atoms with E-state index in [1.807, 2.05) is 0 Å². The zero-order chi connectivity index (χ0) is 21.2. The average molecular weight is 440 g/mol. The molecule has 1 heterocycles. The zero-order valence-corrected chi connectivity index (χ0v) is 17.0. The van der Waals surface area contributed by atoms with E-state index in [1.165, 1.54) is 52.7 Å². The molecule has 2 aromatic rings. The Morgan fingerprint density at radius 1 is 1.10 bits per heavy atom. The number of sulfonamides is 1. The lowest BCUT2D eigenvalue weighted by Gasteiger charge is -2.34. The molecule has 1 aliphatic rings. The van der Waals surface area contributed by atoms with E-state index in [1.54, 1.807) is 0 Å². The highest BCUT2D eigenvalue weighted by Crippen LogP contribution is 2.26. The summed E-state index contributed by atoms with van der Waals surface area (Å²) in [5.74, 6) is -0.231. The topological polar surface area (TPSA) is 110 Å². The standard InChI is InChI=1S/C18H18ClN3O6S/c1-28-17-7-4-14(22(24)25)12-16(17)18(23)20-8-10-21(11-9-20)29(26,27)15-5-2-13(19)3-6-15/h2-7,12H,8-11H2,1H3. The van der Waals surface area contributed by atoms with Crippen LogP contribution < -0.4 is 4.74 Å². The number of nitro groups is 1. The Kier molecular flexibility index (Phi) is 6.06. The molecule has 2 aromatic carbocycles. The molecular formula is C18H18ClN3O6S. The molecule has 0 N–H and O–H groups in total. The van der Waals surface area contributed by atoms with Gasteiger partial charge in [0.15, 0.2) is 0 Å². The van der Waals surface area contributed by atoms with Crippen molar-refractivity contribution >= 4 is 33.2 Å². The minimum absolute atomic E-state index is 0.0655. The van der Waals surface area contributed by atoms with E-state index in [4.69, 9.17) is 16.3 Å². The molecule has 1 amide bonds. The van der Waals surface area contributed by atoms with Crippen molar-refractivity contribution in [2.45, 2.75) is 4.90 Å². The molecule has 9 nitrogen and oxygen atoms in total. The number of carbonyl (C=O) groups is 1. The molecule has 0 aliphatic carbocycles. The highest BCUT2D eigenvalue weighted by atomic mass is 35.5. The maximum absolute atomic E-state index is 12.9. The second-order valence-electron chi connectivity index (χ2n) is 6.29. The fraction of sp³-hybridized carbons (Fsp3) is 0.278. The monoisotopic (exact) mass is 439 g/mol. The number of piperazine rings is 1. The third-order valence-electron chi connectivity index (χ3n) is 4.60. The molecule has 154 valence electrons. The van der Waals surface area contributed by atoms with Crippen LogP contribution in [0.15, 0.2) is 47.4 Å². The van der Waals surface area contributed by atoms with Crippen LogP contribution in [-0.4, -0.2) is 61.7 Å². The molecule has 3 rings (SSSR count). The van der Waals surface area contributed by atoms with Gasteiger partial charge in [0.1, 0.15) is 5.75 Å². The first kappa shape index (κ1) is 21.0. The Hall–Kier alpha value is -2.69. The van der Waals surface area contributed by atoms with Crippen molar-refractivity contribution in [2.24, 2.45) is 0 Å². The molecular weight excluding hydrogens is 422 g/mol. The van der Waals surface area contributed by atoms with E-state index in [-0.39, 0.29) is 48.1 Å². The van der Waals surface area contributed by atoms with E-state index in [0.717, 1.165) is 6.07 Å². The van der Waals surface area contributed by atoms with Crippen LogP contribution in [0.1, 0.15) is 10.4 Å². The molecule has 0 radical (unpaired) electrons. The number of ether oxygens (including phenoxy) is 1. The van der Waals surface area contributed by atoms with Crippen LogP contribution in [0, 0.1) is 10.1 Å². The van der Waals surface area contributed by atoms with Crippen molar-refractivity contribution in [3.63, 3.8) is 0 Å². The first-order chi connectivity index (χ1) is 13.7. The van der Waals surface area contributed by atoms with Crippen LogP contribution in [0.25, 0.3) is 0 Å². The summed E-state index contributed by atoms with van der Waals surface area (Å²) in [5, 5.41) is 11.5. The van der Waals surface area contributed by atoms with Crippen LogP contribution in [0.2, 0.25) is 5.02 Å². The summed E-state index contributed by atoms with van der Waals surface area (Å²) in [6.07, 6.45) is 0. The maximum Gasteiger partial charge on any atom is 0.270 e. The third-order valence-corrected chi connectivity index (χ3v) is 6.77. The van der Waals surface area contributed by atoms with Crippen molar-refractivity contribution in [1.82, 2.24) is 9.21 Å². The van der Waals surface area contributed by atoms with Gasteiger partial charge in [-0.3, -0.25) is 14.9 Å². The van der Waals surface area contributed by atoms with E-state index < -0.39 is 20.9 Å². The highest BCUT2D eigenvalue weighted by molar-refractivity contribution is 7.89. The predicted molar refractivity (Wildman–Crippen MR) is 106 cm³/mol. The Morgan fingerprint density at radius 2 is 1.72 bits per heavy atom. The summed E-state index contributed by atoms with van der Waals surface area (Å²) in [7, 11) is -2.33. The van der Waals surface area contributed by atoms with Gasteiger partial charge >= 0.3 is 0 Å². The van der Waals surface area contributed by atoms with Crippen molar-refractivity contribution < 1.29 is 22.9 Å². The van der Waals surface area contributed by atoms with Gasteiger partial charge in [0, 0.05) is 43.3 Å². The molecule has 11 heteroatoms. The van der Waals surface area contributed by atoms with E-state index in [0.29, 0.717) is 5.02 Å². The molecule has 1 fully saturated rings. The highest BCUT2D eigenvalue weighted by Gasteiger charge is 2.31. The van der Waals surface area contributed by atoms with E-state index in [2.05, 4.69) is 0 Å². The number of amides is 1. The summed E-state index contributed by atoms with van der Waals surface area (Å²) >= 11 is 5.81. The molecule has 1 aliphatic heterocycles. The quantitative estimate of drug-likeness (QED) is 0.522. The molecule has 0 bridgehead atoms. The largest absolute Gasteiger partial charge is 0.496 e. The number of rotatable bonds is 5. The third kappa shape index (κ3) is 4.34. The number of nitrogens with zero attached hydrogens (tertiary/aromatic N) is 3. The fourth-order valence-corrected chi connectivity index (χ4v) is 4.58. The van der Waals surface area contributed by atoms with Gasteiger partial charge in [-0.2, -0.15) is 4.31 Å². The van der Waals surface area contributed by atoms with Gasteiger partial charge in [-0.1, -0.05) is 11.6 Å². The summed E-state index contributed by atoms with van der Waals surface area (Å²) in [6, 6.07) is 9.66. The molecule has 0 atom stereocenters. The van der Waals surface area contributed by atoms with E-state index in [9.17, 15) is 23.3 Å². The van der Waals surface area contributed by atoms with Crippen LogP contribution in [0.5, 0.6) is 5.75 Å². The van der Waals surface area contributed by atoms with Gasteiger partial charge in [0.2, 0.25) is 10.0 Å². The van der Waals surface area contributed by atoms with Crippen molar-refractivity contribution in [1.29, 1.82) is 0 Å². The van der Waals surface area contributed by atoms with Crippen LogP contribution in [0.3, 0.4) is 0 Å². The molecule has 0 aromatic heterocycles. The Bertz CT molecular complexity index is 1030. The smallest absolute Gasteiger partial charge is 0.270 e. The summed E-state index contributed by atoms with van der Waals surface area (Å²) in [4.78, 5) is 24.9. The SMILES string of the molecule is COc1ccc([N+](=O)[O-])cc1C(=O)N1CCN(S(=O)(=O)c2ccc(Cl)cc2)CC1. The van der Waals surface area contributed by atoms with Gasteiger partial charge < -0.3 is 9.64 Å². The van der Waals surface area contributed by atoms with Gasteiger partial charge in [-0.05, 0) is 30.3 Å². The van der Waals surface area contributed by atoms with Crippen LogP contribution >= 0.6 is 11.6 Å². The van der Waals surface area contributed by atoms with Gasteiger partial charge in [-0.25, -0.2) is 8.42 Å². The Morgan fingerprint density at radius 3 is 2.28 bits per heavy atom. The fourth-order valence-electron chi connectivity index (χ4n) is 3.03. The van der Waals surface area contributed by atoms with E-state index >= 15 is 0 Å². The minimum Gasteiger partial charge on any atom is -0.496 e. The van der Waals surface area contributed by atoms with Crippen molar-refractivity contribution in [3.05, 3.63) is 63.2 Å². The number of hydrogen-bond donors (Lipinski definition) is 0. The Labute approximate surface area is 172 Å². The number of nitro benzene ring substituents is 1. The number of methoxy groups -OCH3 is 1. The first-order valence-electron chi connectivity index (χ1n) is 8.61. The first-order valence-corrected chi connectivity index (χ1v) is 10.4. The molecule has 0 unspecified atom stereocenters. The molecule has 1 saturated heterocycles. The lowest BCUT2D eigenvalue weighted by Crippen LogP contribution is -2.50. The second-order valence-corrected chi connectivity index (χ2v) is 8.67. The van der Waals surface area contributed by atoms with Crippen molar-refractivity contribution in [3.8, 4) is 5.75 Å². The van der Waals surface area contributed by atoms with Crippen LogP contribution in [-0.2, 0) is 10.0 Å². The maximum atomic E-state index is 12.9. The summed E-state index contributed by atoms with van der Waals surface area (Å²) < 4.78 is 31.9. The minimum atomic E-state index is -3.70.